The lowest BCUT2D eigenvalue weighted by Gasteiger charge is -2.34. The second-order valence-corrected chi connectivity index (χ2v) is 6.81. The molecule has 3 rings (SSSR count). The summed E-state index contributed by atoms with van der Waals surface area (Å²) < 4.78 is 0. The molecule has 25 heavy (non-hydrogen) atoms. The largest absolute Gasteiger partial charge is 0.369 e. The number of carbonyl (C=O) groups excluding carboxylic acids is 1. The molecule has 4 heteroatoms. The molecule has 2 aromatic rings. The molecule has 0 bridgehead atoms. The van der Waals surface area contributed by atoms with E-state index in [0.29, 0.717) is 6.54 Å². The van der Waals surface area contributed by atoms with Gasteiger partial charge < -0.3 is 15.1 Å². The van der Waals surface area contributed by atoms with Gasteiger partial charge in [-0.1, -0.05) is 42.5 Å². The van der Waals surface area contributed by atoms with Gasteiger partial charge in [0.2, 0.25) is 5.91 Å². The van der Waals surface area contributed by atoms with Crippen LogP contribution < -0.4 is 10.2 Å². The van der Waals surface area contributed by atoms with E-state index in [-0.39, 0.29) is 11.8 Å². The summed E-state index contributed by atoms with van der Waals surface area (Å²) in [4.78, 5) is 17.1. The molecule has 0 spiro atoms. The highest BCUT2D eigenvalue weighted by Crippen LogP contribution is 2.18. The van der Waals surface area contributed by atoms with Crippen molar-refractivity contribution < 1.29 is 4.79 Å². The normalized spacial score (nSPS) is 16.5. The smallest absolute Gasteiger partial charge is 0.227 e. The summed E-state index contributed by atoms with van der Waals surface area (Å²) in [5.74, 6) is -0.0693. The zero-order valence-corrected chi connectivity index (χ0v) is 15.1. The van der Waals surface area contributed by atoms with Gasteiger partial charge >= 0.3 is 0 Å². The van der Waals surface area contributed by atoms with Gasteiger partial charge in [0.05, 0.1) is 5.92 Å². The summed E-state index contributed by atoms with van der Waals surface area (Å²) in [5.41, 5.74) is 3.44. The van der Waals surface area contributed by atoms with Crippen molar-refractivity contribution in [1.29, 1.82) is 0 Å². The van der Waals surface area contributed by atoms with Gasteiger partial charge in [0.25, 0.3) is 0 Å². The van der Waals surface area contributed by atoms with Crippen molar-refractivity contribution >= 4 is 11.6 Å². The SMILES string of the molecule is C[C@@H](C(=O)NCc1ccc(N2CCN(C)CC2)cc1)c1ccccc1. The number of nitrogens with one attached hydrogen (secondary N) is 1. The third kappa shape index (κ3) is 4.60. The molecule has 1 N–H and O–H groups in total. The van der Waals surface area contributed by atoms with E-state index in [4.69, 9.17) is 0 Å². The zero-order valence-electron chi connectivity index (χ0n) is 15.1. The molecule has 0 saturated carbocycles. The molecule has 1 aliphatic heterocycles. The van der Waals surface area contributed by atoms with Crippen LogP contribution in [-0.4, -0.2) is 44.0 Å². The minimum atomic E-state index is -0.134. The Hall–Kier alpha value is -2.33. The lowest BCUT2D eigenvalue weighted by molar-refractivity contribution is -0.122. The first kappa shape index (κ1) is 17.5. The first-order valence-corrected chi connectivity index (χ1v) is 8.98. The zero-order chi connectivity index (χ0) is 17.6. The van der Waals surface area contributed by atoms with E-state index < -0.39 is 0 Å². The molecule has 0 radical (unpaired) electrons. The first-order valence-electron chi connectivity index (χ1n) is 8.98. The lowest BCUT2D eigenvalue weighted by Crippen LogP contribution is -2.44. The van der Waals surface area contributed by atoms with Crippen LogP contribution in [0.2, 0.25) is 0 Å². The highest BCUT2D eigenvalue weighted by molar-refractivity contribution is 5.83. The van der Waals surface area contributed by atoms with Crippen LogP contribution in [0.4, 0.5) is 5.69 Å². The fourth-order valence-electron chi connectivity index (χ4n) is 3.12. The average molecular weight is 337 g/mol. The first-order chi connectivity index (χ1) is 12.1. The number of hydrogen-bond donors (Lipinski definition) is 1. The molecule has 0 unspecified atom stereocenters. The molecule has 132 valence electrons. The summed E-state index contributed by atoms with van der Waals surface area (Å²) in [5, 5.41) is 3.04. The van der Waals surface area contributed by atoms with Crippen molar-refractivity contribution in [1.82, 2.24) is 10.2 Å². The Labute approximate surface area is 150 Å². The molecule has 1 saturated heterocycles. The van der Waals surface area contributed by atoms with Crippen LogP contribution in [-0.2, 0) is 11.3 Å². The fourth-order valence-corrected chi connectivity index (χ4v) is 3.12. The molecule has 1 aliphatic rings. The molecule has 2 aromatic carbocycles. The number of nitrogens with zero attached hydrogens (tertiary/aromatic N) is 2. The van der Waals surface area contributed by atoms with E-state index in [1.165, 1.54) is 5.69 Å². The van der Waals surface area contributed by atoms with E-state index >= 15 is 0 Å². The molecule has 1 amide bonds. The Balaban J connectivity index is 1.52. The van der Waals surface area contributed by atoms with E-state index in [0.717, 1.165) is 37.3 Å². The molecule has 4 nitrogen and oxygen atoms in total. The molecule has 0 aromatic heterocycles. The quantitative estimate of drug-likeness (QED) is 0.911. The number of rotatable bonds is 5. The monoisotopic (exact) mass is 337 g/mol. The Morgan fingerprint density at radius 2 is 1.64 bits per heavy atom. The van der Waals surface area contributed by atoms with Crippen LogP contribution in [0.25, 0.3) is 0 Å². The predicted octanol–water partition coefficient (Wildman–Crippen LogP) is 2.86. The highest BCUT2D eigenvalue weighted by atomic mass is 16.1. The van der Waals surface area contributed by atoms with Crippen LogP contribution in [0, 0.1) is 0 Å². The second kappa shape index (κ2) is 8.17. The third-order valence-corrected chi connectivity index (χ3v) is 4.96. The minimum Gasteiger partial charge on any atom is -0.369 e. The predicted molar refractivity (Wildman–Crippen MR) is 103 cm³/mol. The number of hydrogen-bond acceptors (Lipinski definition) is 3. The molecule has 1 fully saturated rings. The van der Waals surface area contributed by atoms with Gasteiger partial charge in [0.15, 0.2) is 0 Å². The number of amides is 1. The summed E-state index contributed by atoms with van der Waals surface area (Å²) in [6.07, 6.45) is 0. The van der Waals surface area contributed by atoms with Crippen LogP contribution in [0.1, 0.15) is 24.0 Å². The van der Waals surface area contributed by atoms with E-state index in [9.17, 15) is 4.79 Å². The van der Waals surface area contributed by atoms with Gasteiger partial charge in [-0.05, 0) is 37.2 Å². The Kier molecular flexibility index (Phi) is 5.71. The maximum atomic E-state index is 12.3. The van der Waals surface area contributed by atoms with Crippen LogP contribution >= 0.6 is 0 Å². The van der Waals surface area contributed by atoms with Gasteiger partial charge in [-0.3, -0.25) is 4.79 Å². The Bertz CT molecular complexity index is 676. The average Bonchev–Trinajstić information content (AvgIpc) is 2.67. The van der Waals surface area contributed by atoms with Gasteiger partial charge in [-0.15, -0.1) is 0 Å². The molecule has 0 aliphatic carbocycles. The van der Waals surface area contributed by atoms with Crippen LogP contribution in [0.15, 0.2) is 54.6 Å². The fraction of sp³-hybridized carbons (Fsp3) is 0.381. The van der Waals surface area contributed by atoms with Gasteiger partial charge in [0, 0.05) is 38.4 Å². The van der Waals surface area contributed by atoms with Crippen LogP contribution in [0.3, 0.4) is 0 Å². The van der Waals surface area contributed by atoms with Crippen molar-refractivity contribution in [2.24, 2.45) is 0 Å². The van der Waals surface area contributed by atoms with Crippen molar-refractivity contribution in [3.8, 4) is 0 Å². The summed E-state index contributed by atoms with van der Waals surface area (Å²) in [6, 6.07) is 18.4. The lowest BCUT2D eigenvalue weighted by atomic mass is 10.0. The summed E-state index contributed by atoms with van der Waals surface area (Å²) in [6.45, 7) is 6.87. The third-order valence-electron chi connectivity index (χ3n) is 4.96. The van der Waals surface area contributed by atoms with E-state index in [2.05, 4.69) is 46.4 Å². The number of likely N-dealkylation sites (N-methyl/N-ethyl adjacent to an activating group) is 1. The van der Waals surface area contributed by atoms with Gasteiger partial charge in [-0.2, -0.15) is 0 Å². The maximum Gasteiger partial charge on any atom is 0.227 e. The summed E-state index contributed by atoms with van der Waals surface area (Å²) in [7, 11) is 2.17. The van der Waals surface area contributed by atoms with Gasteiger partial charge in [-0.25, -0.2) is 0 Å². The summed E-state index contributed by atoms with van der Waals surface area (Å²) >= 11 is 0. The number of piperazine rings is 1. The molecular formula is C21H27N3O. The van der Waals surface area contributed by atoms with Crippen molar-refractivity contribution in [3.05, 3.63) is 65.7 Å². The molecule has 1 atom stereocenters. The number of carbonyl (C=O) groups is 1. The number of benzene rings is 2. The molecule has 1 heterocycles. The second-order valence-electron chi connectivity index (χ2n) is 6.81. The standard InChI is InChI=1S/C21H27N3O/c1-17(19-6-4-3-5-7-19)21(25)22-16-18-8-10-20(11-9-18)24-14-12-23(2)13-15-24/h3-11,17H,12-16H2,1-2H3,(H,22,25)/t17-/m1/s1. The number of anilines is 1. The van der Waals surface area contributed by atoms with Crippen molar-refractivity contribution in [2.45, 2.75) is 19.4 Å². The Morgan fingerprint density at radius 3 is 2.28 bits per heavy atom. The Morgan fingerprint density at radius 1 is 1.00 bits per heavy atom. The van der Waals surface area contributed by atoms with E-state index in [1.54, 1.807) is 0 Å². The van der Waals surface area contributed by atoms with Crippen molar-refractivity contribution in [3.63, 3.8) is 0 Å². The molecular weight excluding hydrogens is 310 g/mol. The van der Waals surface area contributed by atoms with Gasteiger partial charge in [0.1, 0.15) is 0 Å². The minimum absolute atomic E-state index is 0.0642. The van der Waals surface area contributed by atoms with Crippen molar-refractivity contribution in [2.75, 3.05) is 38.1 Å². The maximum absolute atomic E-state index is 12.3. The topological polar surface area (TPSA) is 35.6 Å². The van der Waals surface area contributed by atoms with Crippen LogP contribution in [0.5, 0.6) is 0 Å². The van der Waals surface area contributed by atoms with E-state index in [1.807, 2.05) is 37.3 Å². The highest BCUT2D eigenvalue weighted by Gasteiger charge is 2.15.